The van der Waals surface area contributed by atoms with Gasteiger partial charge >= 0.3 is 0 Å². The number of likely N-dealkylation sites (tertiary alicyclic amines) is 1. The second-order valence-corrected chi connectivity index (χ2v) is 5.59. The summed E-state index contributed by atoms with van der Waals surface area (Å²) in [6, 6.07) is 0.619. The summed E-state index contributed by atoms with van der Waals surface area (Å²) in [6.45, 7) is 6.75. The molecule has 0 N–H and O–H groups in total. The van der Waals surface area contributed by atoms with Crippen molar-refractivity contribution in [3.05, 3.63) is 11.7 Å². The summed E-state index contributed by atoms with van der Waals surface area (Å²) in [6.07, 6.45) is 3.59. The lowest BCUT2D eigenvalue weighted by Crippen LogP contribution is -2.46. The van der Waals surface area contributed by atoms with Crippen LogP contribution in [0.2, 0.25) is 0 Å². The van der Waals surface area contributed by atoms with E-state index in [2.05, 4.69) is 27.0 Å². The molecule has 0 unspecified atom stereocenters. The molecule has 0 saturated carbocycles. The van der Waals surface area contributed by atoms with Crippen LogP contribution in [0.3, 0.4) is 0 Å². The molecular formula is C14H26N4O2. The predicted octanol–water partition coefficient (Wildman–Crippen LogP) is 1.31. The topological polar surface area (TPSA) is 54.6 Å². The monoisotopic (exact) mass is 282 g/mol. The molecule has 1 fully saturated rings. The summed E-state index contributed by atoms with van der Waals surface area (Å²) in [4.78, 5) is 9.16. The molecule has 1 aromatic heterocycles. The number of ether oxygens (including phenoxy) is 1. The first-order valence-corrected chi connectivity index (χ1v) is 7.39. The van der Waals surface area contributed by atoms with E-state index in [-0.39, 0.29) is 0 Å². The first-order chi connectivity index (χ1) is 9.69. The van der Waals surface area contributed by atoms with Crippen LogP contribution in [0.25, 0.3) is 0 Å². The second kappa shape index (κ2) is 7.71. The van der Waals surface area contributed by atoms with Gasteiger partial charge in [-0.15, -0.1) is 0 Å². The van der Waals surface area contributed by atoms with Crippen molar-refractivity contribution in [2.45, 2.75) is 38.8 Å². The number of nitrogens with zero attached hydrogens (tertiary/aromatic N) is 4. The lowest BCUT2D eigenvalue weighted by atomic mass is 10.0. The van der Waals surface area contributed by atoms with Gasteiger partial charge in [0.1, 0.15) is 0 Å². The molecule has 114 valence electrons. The number of hydrogen-bond acceptors (Lipinski definition) is 6. The molecule has 1 saturated heterocycles. The fourth-order valence-corrected chi connectivity index (χ4v) is 2.78. The molecule has 1 atom stereocenters. The van der Waals surface area contributed by atoms with E-state index in [1.165, 1.54) is 12.8 Å². The Kier molecular flexibility index (Phi) is 5.94. The smallest absolute Gasteiger partial charge is 0.223 e. The molecule has 0 aromatic carbocycles. The molecular weight excluding hydrogens is 256 g/mol. The minimum absolute atomic E-state index is 0.619. The minimum Gasteiger partial charge on any atom is -0.385 e. The first-order valence-electron chi connectivity index (χ1n) is 7.39. The Hall–Kier alpha value is -0.980. The maximum atomic E-state index is 5.12. The molecule has 6 nitrogen and oxygen atoms in total. The molecule has 2 rings (SSSR count). The molecule has 0 amide bonds. The van der Waals surface area contributed by atoms with Crippen molar-refractivity contribution >= 4 is 0 Å². The molecule has 2 heterocycles. The summed E-state index contributed by atoms with van der Waals surface area (Å²) in [5.74, 6) is 1.44. The Labute approximate surface area is 121 Å². The molecule has 1 aromatic rings. The van der Waals surface area contributed by atoms with Gasteiger partial charge in [0.2, 0.25) is 5.89 Å². The van der Waals surface area contributed by atoms with Crippen molar-refractivity contribution in [1.29, 1.82) is 0 Å². The van der Waals surface area contributed by atoms with Gasteiger partial charge in [-0.2, -0.15) is 4.98 Å². The standard InChI is InChI=1S/C14H26N4O2/c1-12-15-14(16-20-12)11-18-8-4-6-13(10-18)17(2)7-5-9-19-3/h13H,4-11H2,1-3H3/t13-/m1/s1. The third kappa shape index (κ3) is 4.54. The normalized spacial score (nSPS) is 20.7. The quantitative estimate of drug-likeness (QED) is 0.703. The third-order valence-corrected chi connectivity index (χ3v) is 3.90. The lowest BCUT2D eigenvalue weighted by Gasteiger charge is -2.37. The van der Waals surface area contributed by atoms with Crippen molar-refractivity contribution < 1.29 is 9.26 Å². The number of piperidine rings is 1. The largest absolute Gasteiger partial charge is 0.385 e. The summed E-state index contributed by atoms with van der Waals surface area (Å²) < 4.78 is 10.2. The van der Waals surface area contributed by atoms with Crippen LogP contribution in [-0.4, -0.2) is 66.4 Å². The Balaban J connectivity index is 1.78. The third-order valence-electron chi connectivity index (χ3n) is 3.90. The van der Waals surface area contributed by atoms with Gasteiger partial charge in [-0.05, 0) is 32.9 Å². The van der Waals surface area contributed by atoms with Crippen molar-refractivity contribution in [3.8, 4) is 0 Å². The molecule has 0 aliphatic carbocycles. The molecule has 6 heteroatoms. The number of aryl methyl sites for hydroxylation is 1. The van der Waals surface area contributed by atoms with Crippen LogP contribution in [0, 0.1) is 6.92 Å². The van der Waals surface area contributed by atoms with E-state index in [0.717, 1.165) is 45.0 Å². The highest BCUT2D eigenvalue weighted by Crippen LogP contribution is 2.16. The van der Waals surface area contributed by atoms with Gasteiger partial charge in [0.05, 0.1) is 6.54 Å². The van der Waals surface area contributed by atoms with Crippen LogP contribution in [-0.2, 0) is 11.3 Å². The van der Waals surface area contributed by atoms with Crippen LogP contribution in [0.15, 0.2) is 4.52 Å². The Morgan fingerprint density at radius 3 is 3.05 bits per heavy atom. The molecule has 1 aliphatic rings. The fourth-order valence-electron chi connectivity index (χ4n) is 2.78. The van der Waals surface area contributed by atoms with Gasteiger partial charge < -0.3 is 14.2 Å². The van der Waals surface area contributed by atoms with Crippen LogP contribution in [0.5, 0.6) is 0 Å². The second-order valence-electron chi connectivity index (χ2n) is 5.59. The van der Waals surface area contributed by atoms with Crippen LogP contribution < -0.4 is 0 Å². The van der Waals surface area contributed by atoms with E-state index >= 15 is 0 Å². The van der Waals surface area contributed by atoms with Gasteiger partial charge in [-0.1, -0.05) is 5.16 Å². The minimum atomic E-state index is 0.619. The number of hydrogen-bond donors (Lipinski definition) is 0. The van der Waals surface area contributed by atoms with Gasteiger partial charge in [0.25, 0.3) is 0 Å². The van der Waals surface area contributed by atoms with E-state index in [1.54, 1.807) is 7.11 Å². The van der Waals surface area contributed by atoms with E-state index in [0.29, 0.717) is 11.9 Å². The molecule has 1 aliphatic heterocycles. The van der Waals surface area contributed by atoms with Crippen LogP contribution >= 0.6 is 0 Å². The molecule has 0 bridgehead atoms. The van der Waals surface area contributed by atoms with Crippen LogP contribution in [0.4, 0.5) is 0 Å². The van der Waals surface area contributed by atoms with Crippen LogP contribution in [0.1, 0.15) is 31.0 Å². The Bertz CT molecular complexity index is 396. The summed E-state index contributed by atoms with van der Waals surface area (Å²) in [7, 11) is 3.97. The first kappa shape index (κ1) is 15.4. The number of rotatable bonds is 7. The fraction of sp³-hybridized carbons (Fsp3) is 0.857. The van der Waals surface area contributed by atoms with E-state index in [9.17, 15) is 0 Å². The highest BCUT2D eigenvalue weighted by Gasteiger charge is 2.23. The zero-order valence-corrected chi connectivity index (χ0v) is 12.8. The summed E-state index contributed by atoms with van der Waals surface area (Å²) in [5, 5.41) is 3.98. The molecule has 0 spiro atoms. The highest BCUT2D eigenvalue weighted by atomic mass is 16.5. The maximum absolute atomic E-state index is 5.12. The van der Waals surface area contributed by atoms with Crippen molar-refractivity contribution in [3.63, 3.8) is 0 Å². The number of aromatic nitrogens is 2. The van der Waals surface area contributed by atoms with Gasteiger partial charge in [-0.3, -0.25) is 4.90 Å². The van der Waals surface area contributed by atoms with Crippen molar-refractivity contribution in [2.24, 2.45) is 0 Å². The number of methoxy groups -OCH3 is 1. The Morgan fingerprint density at radius 1 is 1.50 bits per heavy atom. The SMILES string of the molecule is COCCCN(C)[C@@H]1CCCN(Cc2noc(C)n2)C1. The average molecular weight is 282 g/mol. The summed E-state index contributed by atoms with van der Waals surface area (Å²) in [5.41, 5.74) is 0. The van der Waals surface area contributed by atoms with Gasteiger partial charge in [-0.25, -0.2) is 0 Å². The maximum Gasteiger partial charge on any atom is 0.223 e. The van der Waals surface area contributed by atoms with E-state index in [1.807, 2.05) is 6.92 Å². The highest BCUT2D eigenvalue weighted by molar-refractivity contribution is 4.87. The number of likely N-dealkylation sites (N-methyl/N-ethyl adjacent to an activating group) is 1. The van der Waals surface area contributed by atoms with Crippen molar-refractivity contribution in [2.75, 3.05) is 40.4 Å². The Morgan fingerprint density at radius 2 is 2.35 bits per heavy atom. The van der Waals surface area contributed by atoms with Crippen molar-refractivity contribution in [1.82, 2.24) is 19.9 Å². The molecule has 20 heavy (non-hydrogen) atoms. The predicted molar refractivity (Wildman–Crippen MR) is 76.5 cm³/mol. The van der Waals surface area contributed by atoms with Gasteiger partial charge in [0.15, 0.2) is 5.82 Å². The zero-order chi connectivity index (χ0) is 14.4. The lowest BCUT2D eigenvalue weighted by molar-refractivity contribution is 0.0993. The molecule has 0 radical (unpaired) electrons. The zero-order valence-electron chi connectivity index (χ0n) is 12.8. The summed E-state index contributed by atoms with van der Waals surface area (Å²) >= 11 is 0. The van der Waals surface area contributed by atoms with E-state index in [4.69, 9.17) is 9.26 Å². The van der Waals surface area contributed by atoms with Gasteiger partial charge in [0, 0.05) is 39.8 Å². The van der Waals surface area contributed by atoms with E-state index < -0.39 is 0 Å². The average Bonchev–Trinajstić information content (AvgIpc) is 2.84.